The molecule has 0 fully saturated rings. The first-order chi connectivity index (χ1) is 14.9. The molecule has 0 radical (unpaired) electrons. The first kappa shape index (κ1) is 19.1. The lowest BCUT2D eigenvalue weighted by Crippen LogP contribution is -2.36. The number of nitrogens with one attached hydrogen (secondary N) is 1. The van der Waals surface area contributed by atoms with Crippen LogP contribution in [0.4, 0.5) is 19.0 Å². The van der Waals surface area contributed by atoms with E-state index in [-0.39, 0.29) is 17.8 Å². The highest BCUT2D eigenvalue weighted by Crippen LogP contribution is 2.44. The number of aromatic nitrogens is 5. The molecular formula is C20H15F3N6O2. The van der Waals surface area contributed by atoms with Crippen molar-refractivity contribution in [2.24, 2.45) is 0 Å². The van der Waals surface area contributed by atoms with Gasteiger partial charge in [-0.15, -0.1) is 5.10 Å². The number of rotatable bonds is 3. The van der Waals surface area contributed by atoms with Gasteiger partial charge < -0.3 is 10.2 Å². The number of anilines is 1. The van der Waals surface area contributed by atoms with Crippen LogP contribution < -0.4 is 10.2 Å². The highest BCUT2D eigenvalue weighted by Gasteiger charge is 2.47. The molecule has 31 heavy (non-hydrogen) atoms. The molecule has 5 rings (SSSR count). The van der Waals surface area contributed by atoms with Crippen LogP contribution in [0.3, 0.4) is 0 Å². The van der Waals surface area contributed by atoms with Crippen LogP contribution in [0.15, 0.2) is 60.8 Å². The number of hydrogen-bond acceptors (Lipinski definition) is 6. The molecular weight excluding hydrogens is 413 g/mol. The predicted octanol–water partition coefficient (Wildman–Crippen LogP) is 3.56. The van der Waals surface area contributed by atoms with Crippen molar-refractivity contribution in [2.45, 2.75) is 24.7 Å². The molecule has 2 aromatic heterocycles. The Morgan fingerprint density at radius 3 is 2.61 bits per heavy atom. The predicted molar refractivity (Wildman–Crippen MR) is 103 cm³/mol. The van der Waals surface area contributed by atoms with Crippen molar-refractivity contribution in [1.29, 1.82) is 0 Å². The third-order valence-electron chi connectivity index (χ3n) is 5.15. The van der Waals surface area contributed by atoms with Crippen molar-refractivity contribution in [3.63, 3.8) is 0 Å². The quantitative estimate of drug-likeness (QED) is 0.502. The molecule has 0 spiro atoms. The summed E-state index contributed by atoms with van der Waals surface area (Å²) in [4.78, 5) is 19.0. The van der Waals surface area contributed by atoms with Gasteiger partial charge in [-0.05, 0) is 22.9 Å². The summed E-state index contributed by atoms with van der Waals surface area (Å²) in [6.45, 7) is 0. The lowest BCUT2D eigenvalue weighted by Gasteiger charge is -2.33. The molecule has 0 aliphatic carbocycles. The fraction of sp³-hybridized carbons (Fsp3) is 0.200. The SMILES string of the molecule is O=C(On1nnc2ccccc21)c1cnn2c1N[C@H](c1ccccc1)C[C@@H]2C(F)(F)F. The van der Waals surface area contributed by atoms with Gasteiger partial charge >= 0.3 is 12.1 Å². The summed E-state index contributed by atoms with van der Waals surface area (Å²) in [6.07, 6.45) is -3.74. The van der Waals surface area contributed by atoms with Crippen molar-refractivity contribution in [2.75, 3.05) is 5.32 Å². The number of hydrogen-bond donors (Lipinski definition) is 1. The van der Waals surface area contributed by atoms with Crippen LogP contribution in [0.1, 0.15) is 34.4 Å². The second-order valence-electron chi connectivity index (χ2n) is 7.08. The van der Waals surface area contributed by atoms with Crippen molar-refractivity contribution >= 4 is 22.8 Å². The smallest absolute Gasteiger partial charge is 0.363 e. The van der Waals surface area contributed by atoms with Crippen LogP contribution in [0.2, 0.25) is 0 Å². The Labute approximate surface area is 173 Å². The van der Waals surface area contributed by atoms with Gasteiger partial charge in [-0.2, -0.15) is 18.3 Å². The molecule has 2 atom stereocenters. The molecule has 1 aliphatic heterocycles. The Balaban J connectivity index is 1.51. The van der Waals surface area contributed by atoms with E-state index in [9.17, 15) is 18.0 Å². The molecule has 0 bridgehead atoms. The molecule has 0 saturated carbocycles. The first-order valence-electron chi connectivity index (χ1n) is 9.40. The van der Waals surface area contributed by atoms with Gasteiger partial charge in [0.15, 0.2) is 6.04 Å². The zero-order chi connectivity index (χ0) is 21.6. The largest absolute Gasteiger partial charge is 0.410 e. The van der Waals surface area contributed by atoms with Crippen molar-refractivity contribution in [3.05, 3.63) is 71.9 Å². The van der Waals surface area contributed by atoms with Crippen LogP contribution in [0.5, 0.6) is 0 Å². The number of benzene rings is 2. The number of carbonyl (C=O) groups is 1. The Bertz CT molecular complexity index is 1250. The highest BCUT2D eigenvalue weighted by molar-refractivity contribution is 5.95. The second kappa shape index (κ2) is 7.11. The van der Waals surface area contributed by atoms with Gasteiger partial charge in [0.2, 0.25) is 0 Å². The summed E-state index contributed by atoms with van der Waals surface area (Å²) in [6, 6.07) is 13.0. The fourth-order valence-corrected chi connectivity index (χ4v) is 3.66. The van der Waals surface area contributed by atoms with E-state index in [0.29, 0.717) is 16.6 Å². The number of halogens is 3. The Morgan fingerprint density at radius 1 is 1.10 bits per heavy atom. The number of para-hydroxylation sites is 1. The second-order valence-corrected chi connectivity index (χ2v) is 7.08. The van der Waals surface area contributed by atoms with Gasteiger partial charge in [-0.1, -0.05) is 47.3 Å². The van der Waals surface area contributed by atoms with E-state index in [1.807, 2.05) is 0 Å². The number of fused-ring (bicyclic) bond motifs is 2. The van der Waals surface area contributed by atoms with Crippen molar-refractivity contribution in [3.8, 4) is 0 Å². The molecule has 0 unspecified atom stereocenters. The maximum atomic E-state index is 13.8. The average Bonchev–Trinajstić information content (AvgIpc) is 3.37. The third-order valence-corrected chi connectivity index (χ3v) is 5.15. The summed E-state index contributed by atoms with van der Waals surface area (Å²) in [5.74, 6) is -0.962. The zero-order valence-electron chi connectivity index (χ0n) is 15.8. The van der Waals surface area contributed by atoms with E-state index < -0.39 is 24.2 Å². The average molecular weight is 428 g/mol. The van der Waals surface area contributed by atoms with E-state index >= 15 is 0 Å². The van der Waals surface area contributed by atoms with E-state index in [1.54, 1.807) is 54.6 Å². The molecule has 1 N–H and O–H groups in total. The standard InChI is InChI=1S/C20H15F3N6O2/c21-20(22,23)17-10-15(12-6-2-1-3-7-12)25-18-13(11-24-28(17)18)19(30)31-29-16-9-5-4-8-14(16)26-27-29/h1-9,11,15,17,25H,10H2/t15-,17+/m0/s1. The van der Waals surface area contributed by atoms with Gasteiger partial charge in [0.05, 0.1) is 12.2 Å². The van der Waals surface area contributed by atoms with Gasteiger partial charge in [-0.25, -0.2) is 9.48 Å². The van der Waals surface area contributed by atoms with Crippen LogP contribution in [0, 0.1) is 0 Å². The molecule has 4 aromatic rings. The van der Waals surface area contributed by atoms with E-state index in [0.717, 1.165) is 15.7 Å². The summed E-state index contributed by atoms with van der Waals surface area (Å²) < 4.78 is 42.1. The Morgan fingerprint density at radius 2 is 1.84 bits per heavy atom. The molecule has 0 saturated heterocycles. The minimum absolute atomic E-state index is 0.0585. The first-order valence-corrected chi connectivity index (χ1v) is 9.40. The molecule has 8 nitrogen and oxygen atoms in total. The maximum Gasteiger partial charge on any atom is 0.410 e. The van der Waals surface area contributed by atoms with Crippen LogP contribution >= 0.6 is 0 Å². The van der Waals surface area contributed by atoms with Crippen molar-refractivity contribution in [1.82, 2.24) is 24.9 Å². The minimum Gasteiger partial charge on any atom is -0.363 e. The van der Waals surface area contributed by atoms with Gasteiger partial charge in [0.25, 0.3) is 0 Å². The van der Waals surface area contributed by atoms with Gasteiger partial charge in [-0.3, -0.25) is 0 Å². The minimum atomic E-state index is -4.54. The summed E-state index contributed by atoms with van der Waals surface area (Å²) in [5, 5.41) is 14.5. The third kappa shape index (κ3) is 3.37. The Kier molecular flexibility index (Phi) is 4.38. The van der Waals surface area contributed by atoms with Gasteiger partial charge in [0.1, 0.15) is 22.4 Å². The van der Waals surface area contributed by atoms with Crippen LogP contribution in [-0.2, 0) is 0 Å². The molecule has 1 aliphatic rings. The fourth-order valence-electron chi connectivity index (χ4n) is 3.66. The van der Waals surface area contributed by atoms with Gasteiger partial charge in [0, 0.05) is 6.42 Å². The zero-order valence-corrected chi connectivity index (χ0v) is 15.8. The number of carbonyl (C=O) groups excluding carboxylic acids is 1. The lowest BCUT2D eigenvalue weighted by atomic mass is 9.96. The molecule has 0 amide bonds. The number of alkyl halides is 3. The van der Waals surface area contributed by atoms with E-state index in [2.05, 4.69) is 20.7 Å². The molecule has 3 heterocycles. The maximum absolute atomic E-state index is 13.8. The molecule has 11 heteroatoms. The molecule has 158 valence electrons. The summed E-state index contributed by atoms with van der Waals surface area (Å²) >= 11 is 0. The summed E-state index contributed by atoms with van der Waals surface area (Å²) in [5.41, 5.74) is 1.49. The Hall–Kier alpha value is -3.89. The molecule has 2 aromatic carbocycles. The lowest BCUT2D eigenvalue weighted by molar-refractivity contribution is -0.173. The highest BCUT2D eigenvalue weighted by atomic mass is 19.4. The van der Waals surface area contributed by atoms with E-state index in [4.69, 9.17) is 4.84 Å². The van der Waals surface area contributed by atoms with Crippen LogP contribution in [-0.4, -0.2) is 37.1 Å². The monoisotopic (exact) mass is 428 g/mol. The van der Waals surface area contributed by atoms with Crippen molar-refractivity contribution < 1.29 is 22.8 Å². The number of nitrogens with zero attached hydrogens (tertiary/aromatic N) is 5. The van der Waals surface area contributed by atoms with Crippen LogP contribution in [0.25, 0.3) is 11.0 Å². The topological polar surface area (TPSA) is 86.9 Å². The summed E-state index contributed by atoms with van der Waals surface area (Å²) in [7, 11) is 0. The normalized spacial score (nSPS) is 18.4. The van der Waals surface area contributed by atoms with E-state index in [1.165, 1.54) is 0 Å².